The van der Waals surface area contributed by atoms with Gasteiger partial charge in [0.15, 0.2) is 0 Å². The standard InChI is InChI=1S/C18H17BrFNO3/c1-24-17-8-11(6-7-14(17)19)18(23)21-10-12(22)9-16(21)13-4-2-3-5-15(13)20/h2-8,12,16,22H,9-10H2,1H3. The molecule has 2 aromatic carbocycles. The minimum Gasteiger partial charge on any atom is -0.496 e. The summed E-state index contributed by atoms with van der Waals surface area (Å²) in [4.78, 5) is 14.4. The van der Waals surface area contributed by atoms with E-state index in [-0.39, 0.29) is 18.3 Å². The second-order valence-electron chi connectivity index (χ2n) is 5.73. The van der Waals surface area contributed by atoms with Gasteiger partial charge in [0.2, 0.25) is 0 Å². The molecule has 1 fully saturated rings. The van der Waals surface area contributed by atoms with Crippen LogP contribution in [0.25, 0.3) is 0 Å². The van der Waals surface area contributed by atoms with E-state index in [0.717, 1.165) is 4.47 Å². The number of amides is 1. The minimum absolute atomic E-state index is 0.177. The summed E-state index contributed by atoms with van der Waals surface area (Å²) >= 11 is 3.35. The van der Waals surface area contributed by atoms with Gasteiger partial charge in [0, 0.05) is 17.7 Å². The molecule has 0 aliphatic carbocycles. The average molecular weight is 394 g/mol. The molecule has 0 saturated carbocycles. The Balaban J connectivity index is 1.94. The number of aliphatic hydroxyl groups is 1. The molecule has 1 saturated heterocycles. The van der Waals surface area contributed by atoms with Crippen LogP contribution in [-0.2, 0) is 0 Å². The van der Waals surface area contributed by atoms with Gasteiger partial charge in [-0.05, 0) is 46.6 Å². The fourth-order valence-electron chi connectivity index (χ4n) is 3.04. The molecule has 2 unspecified atom stereocenters. The number of ether oxygens (including phenoxy) is 1. The first-order chi connectivity index (χ1) is 11.5. The van der Waals surface area contributed by atoms with E-state index in [9.17, 15) is 14.3 Å². The largest absolute Gasteiger partial charge is 0.496 e. The summed E-state index contributed by atoms with van der Waals surface area (Å²) < 4.78 is 20.1. The molecule has 0 radical (unpaired) electrons. The molecular weight excluding hydrogens is 377 g/mol. The van der Waals surface area contributed by atoms with Gasteiger partial charge in [0.1, 0.15) is 11.6 Å². The van der Waals surface area contributed by atoms with Gasteiger partial charge in [0.05, 0.1) is 23.7 Å². The zero-order chi connectivity index (χ0) is 17.3. The van der Waals surface area contributed by atoms with Crippen LogP contribution in [0.4, 0.5) is 4.39 Å². The molecule has 3 rings (SSSR count). The fraction of sp³-hybridized carbons (Fsp3) is 0.278. The van der Waals surface area contributed by atoms with Crippen LogP contribution in [0.5, 0.6) is 5.75 Å². The van der Waals surface area contributed by atoms with Gasteiger partial charge in [-0.25, -0.2) is 4.39 Å². The molecule has 6 heteroatoms. The summed E-state index contributed by atoms with van der Waals surface area (Å²) in [6.07, 6.45) is -0.351. The summed E-state index contributed by atoms with van der Waals surface area (Å²) in [6.45, 7) is 0.177. The third-order valence-corrected chi connectivity index (χ3v) is 4.86. The predicted octanol–water partition coefficient (Wildman–Crippen LogP) is 3.54. The summed E-state index contributed by atoms with van der Waals surface area (Å²) in [6, 6.07) is 10.9. The Morgan fingerprint density at radius 2 is 2.08 bits per heavy atom. The van der Waals surface area contributed by atoms with Gasteiger partial charge in [-0.2, -0.15) is 0 Å². The Labute approximate surface area is 148 Å². The fourth-order valence-corrected chi connectivity index (χ4v) is 3.45. The maximum absolute atomic E-state index is 14.1. The monoisotopic (exact) mass is 393 g/mol. The van der Waals surface area contributed by atoms with Gasteiger partial charge in [0.25, 0.3) is 5.91 Å². The number of likely N-dealkylation sites (tertiary alicyclic amines) is 1. The summed E-state index contributed by atoms with van der Waals surface area (Å²) in [5.74, 6) is -0.0866. The number of nitrogens with zero attached hydrogens (tertiary/aromatic N) is 1. The number of rotatable bonds is 3. The van der Waals surface area contributed by atoms with Gasteiger partial charge in [-0.1, -0.05) is 18.2 Å². The first kappa shape index (κ1) is 16.9. The van der Waals surface area contributed by atoms with Crippen LogP contribution >= 0.6 is 15.9 Å². The number of halogens is 2. The third-order valence-electron chi connectivity index (χ3n) is 4.20. The number of methoxy groups -OCH3 is 1. The molecule has 1 N–H and O–H groups in total. The van der Waals surface area contributed by atoms with Gasteiger partial charge in [-0.15, -0.1) is 0 Å². The Bertz CT molecular complexity index is 768. The molecule has 126 valence electrons. The maximum atomic E-state index is 14.1. The Hall–Kier alpha value is -1.92. The highest BCUT2D eigenvalue weighted by Gasteiger charge is 2.37. The zero-order valence-electron chi connectivity index (χ0n) is 13.1. The maximum Gasteiger partial charge on any atom is 0.254 e. The van der Waals surface area contributed by atoms with E-state index < -0.39 is 12.1 Å². The molecule has 1 aliphatic heterocycles. The Kier molecular flexibility index (Phi) is 4.87. The number of hydrogen-bond acceptors (Lipinski definition) is 3. The van der Waals surface area contributed by atoms with Crippen molar-refractivity contribution in [2.75, 3.05) is 13.7 Å². The van der Waals surface area contributed by atoms with Crippen LogP contribution in [0.3, 0.4) is 0 Å². The molecule has 0 spiro atoms. The second-order valence-corrected chi connectivity index (χ2v) is 6.59. The smallest absolute Gasteiger partial charge is 0.254 e. The van der Waals surface area contributed by atoms with E-state index in [4.69, 9.17) is 4.74 Å². The SMILES string of the molecule is COc1cc(C(=O)N2CC(O)CC2c2ccccc2F)ccc1Br. The van der Waals surface area contributed by atoms with Crippen molar-refractivity contribution in [2.45, 2.75) is 18.6 Å². The molecule has 4 nitrogen and oxygen atoms in total. The van der Waals surface area contributed by atoms with Crippen molar-refractivity contribution in [1.29, 1.82) is 0 Å². The van der Waals surface area contributed by atoms with Gasteiger partial charge >= 0.3 is 0 Å². The van der Waals surface area contributed by atoms with E-state index in [2.05, 4.69) is 15.9 Å². The molecule has 0 bridgehead atoms. The van der Waals surface area contributed by atoms with Crippen molar-refractivity contribution in [2.24, 2.45) is 0 Å². The van der Waals surface area contributed by atoms with E-state index >= 15 is 0 Å². The Morgan fingerprint density at radius 1 is 1.33 bits per heavy atom. The van der Waals surface area contributed by atoms with Crippen molar-refractivity contribution >= 4 is 21.8 Å². The summed E-state index contributed by atoms with van der Waals surface area (Å²) in [7, 11) is 1.52. The van der Waals surface area contributed by atoms with Crippen molar-refractivity contribution in [3.05, 3.63) is 63.9 Å². The topological polar surface area (TPSA) is 49.8 Å². The van der Waals surface area contributed by atoms with Crippen LogP contribution in [-0.4, -0.2) is 35.7 Å². The molecule has 2 aromatic rings. The number of carbonyl (C=O) groups is 1. The summed E-state index contributed by atoms with van der Waals surface area (Å²) in [5, 5.41) is 10.0. The molecule has 2 atom stereocenters. The lowest BCUT2D eigenvalue weighted by molar-refractivity contribution is 0.0713. The highest BCUT2D eigenvalue weighted by Crippen LogP contribution is 2.35. The number of aliphatic hydroxyl groups excluding tert-OH is 1. The molecule has 1 aliphatic rings. The van der Waals surface area contributed by atoms with E-state index in [1.165, 1.54) is 18.1 Å². The molecule has 24 heavy (non-hydrogen) atoms. The van der Waals surface area contributed by atoms with E-state index in [1.54, 1.807) is 36.4 Å². The number of β-amino-alcohol motifs (C(OH)–C–C–N with tert-alkyl or cyclic N) is 1. The lowest BCUT2D eigenvalue weighted by atomic mass is 10.0. The summed E-state index contributed by atoms with van der Waals surface area (Å²) in [5.41, 5.74) is 0.858. The van der Waals surface area contributed by atoms with E-state index in [1.807, 2.05) is 0 Å². The highest BCUT2D eigenvalue weighted by atomic mass is 79.9. The quantitative estimate of drug-likeness (QED) is 0.867. The molecule has 1 amide bonds. The van der Waals surface area contributed by atoms with Crippen molar-refractivity contribution in [3.63, 3.8) is 0 Å². The van der Waals surface area contributed by atoms with E-state index in [0.29, 0.717) is 23.3 Å². The van der Waals surface area contributed by atoms with Crippen LogP contribution in [0, 0.1) is 5.82 Å². The van der Waals surface area contributed by atoms with Crippen molar-refractivity contribution in [1.82, 2.24) is 4.90 Å². The van der Waals surface area contributed by atoms with Crippen molar-refractivity contribution < 1.29 is 19.0 Å². The van der Waals surface area contributed by atoms with Crippen molar-refractivity contribution in [3.8, 4) is 5.75 Å². The zero-order valence-corrected chi connectivity index (χ0v) is 14.7. The van der Waals surface area contributed by atoms with Gasteiger partial charge < -0.3 is 14.7 Å². The van der Waals surface area contributed by atoms with Crippen LogP contribution in [0.2, 0.25) is 0 Å². The van der Waals surface area contributed by atoms with Crippen LogP contribution < -0.4 is 4.74 Å². The van der Waals surface area contributed by atoms with Gasteiger partial charge in [-0.3, -0.25) is 4.79 Å². The predicted molar refractivity (Wildman–Crippen MR) is 91.5 cm³/mol. The highest BCUT2D eigenvalue weighted by molar-refractivity contribution is 9.10. The minimum atomic E-state index is -0.670. The first-order valence-electron chi connectivity index (χ1n) is 7.58. The Morgan fingerprint density at radius 3 is 2.79 bits per heavy atom. The first-order valence-corrected chi connectivity index (χ1v) is 8.37. The number of hydrogen-bond donors (Lipinski definition) is 1. The van der Waals surface area contributed by atoms with Crippen LogP contribution in [0.15, 0.2) is 46.9 Å². The van der Waals surface area contributed by atoms with Crippen LogP contribution in [0.1, 0.15) is 28.4 Å². The lowest BCUT2D eigenvalue weighted by Gasteiger charge is -2.25. The molecule has 1 heterocycles. The third kappa shape index (κ3) is 3.16. The number of carbonyl (C=O) groups excluding carboxylic acids is 1. The second kappa shape index (κ2) is 6.91. The molecule has 0 aromatic heterocycles. The molecular formula is C18H17BrFNO3. The normalized spacial score (nSPS) is 20.2. The average Bonchev–Trinajstić information content (AvgIpc) is 2.96. The lowest BCUT2D eigenvalue weighted by Crippen LogP contribution is -2.32. The number of benzene rings is 2.